The number of rotatable bonds is 0. The monoisotopic (exact) mass is 177 g/mol. The fourth-order valence-corrected chi connectivity index (χ4v) is 1.97. The van der Waals surface area contributed by atoms with Crippen molar-refractivity contribution >= 4 is 0 Å². The van der Waals surface area contributed by atoms with Gasteiger partial charge in [-0.05, 0) is 36.8 Å². The lowest BCUT2D eigenvalue weighted by Crippen LogP contribution is -2.03. The molecule has 1 aromatic rings. The number of aryl methyl sites for hydroxylation is 1. The van der Waals surface area contributed by atoms with Crippen molar-refractivity contribution in [1.82, 2.24) is 4.98 Å². The lowest BCUT2D eigenvalue weighted by atomic mass is 10.0. The molecule has 0 fully saturated rings. The smallest absolute Gasteiger partial charge is 0.0965 e. The summed E-state index contributed by atoms with van der Waals surface area (Å²) < 4.78 is 0. The Balaban J connectivity index is 2.35. The van der Waals surface area contributed by atoms with Gasteiger partial charge in [-0.3, -0.25) is 4.98 Å². The highest BCUT2D eigenvalue weighted by Gasteiger charge is 2.20. The summed E-state index contributed by atoms with van der Waals surface area (Å²) in [4.78, 5) is 4.24. The molecule has 2 atom stereocenters. The van der Waals surface area contributed by atoms with Gasteiger partial charge in [0, 0.05) is 6.20 Å². The minimum Gasteiger partial charge on any atom is -0.387 e. The number of hydrogen-bond acceptors (Lipinski definition) is 2. The Morgan fingerprint density at radius 3 is 3.23 bits per heavy atom. The van der Waals surface area contributed by atoms with Gasteiger partial charge in [-0.15, -0.1) is 0 Å². The lowest BCUT2D eigenvalue weighted by molar-refractivity contribution is 0.145. The Morgan fingerprint density at radius 1 is 1.54 bits per heavy atom. The van der Waals surface area contributed by atoms with E-state index in [1.807, 2.05) is 6.07 Å². The molecule has 0 amide bonds. The van der Waals surface area contributed by atoms with Crippen LogP contribution < -0.4 is 0 Å². The summed E-state index contributed by atoms with van der Waals surface area (Å²) in [7, 11) is 0. The van der Waals surface area contributed by atoms with Crippen molar-refractivity contribution in [3.63, 3.8) is 0 Å². The molecule has 1 aromatic heterocycles. The second-order valence-corrected chi connectivity index (χ2v) is 3.94. The van der Waals surface area contributed by atoms with Gasteiger partial charge in [-0.1, -0.05) is 13.0 Å². The van der Waals surface area contributed by atoms with E-state index in [9.17, 15) is 5.11 Å². The van der Waals surface area contributed by atoms with Crippen LogP contribution in [0.25, 0.3) is 0 Å². The first-order valence-corrected chi connectivity index (χ1v) is 4.89. The molecule has 1 heterocycles. The first-order valence-electron chi connectivity index (χ1n) is 4.89. The molecule has 2 rings (SSSR count). The zero-order chi connectivity index (χ0) is 9.26. The van der Waals surface area contributed by atoms with Crippen molar-refractivity contribution in [3.8, 4) is 0 Å². The molecule has 0 saturated carbocycles. The van der Waals surface area contributed by atoms with E-state index in [1.165, 1.54) is 5.56 Å². The van der Waals surface area contributed by atoms with Crippen LogP contribution in [0.3, 0.4) is 0 Å². The zero-order valence-electron chi connectivity index (χ0n) is 7.90. The van der Waals surface area contributed by atoms with E-state index in [0.717, 1.165) is 25.0 Å². The van der Waals surface area contributed by atoms with Crippen molar-refractivity contribution in [2.45, 2.75) is 32.3 Å². The molecule has 0 spiro atoms. The maximum absolute atomic E-state index is 9.85. The van der Waals surface area contributed by atoms with E-state index in [4.69, 9.17) is 0 Å². The molecular formula is C11H15NO. The first-order chi connectivity index (χ1) is 6.27. The normalized spacial score (nSPS) is 27.8. The largest absolute Gasteiger partial charge is 0.387 e. The van der Waals surface area contributed by atoms with Gasteiger partial charge < -0.3 is 5.11 Å². The van der Waals surface area contributed by atoms with Crippen molar-refractivity contribution in [1.29, 1.82) is 0 Å². The summed E-state index contributed by atoms with van der Waals surface area (Å²) in [5.41, 5.74) is 2.12. The number of aliphatic hydroxyl groups excluding tert-OH is 1. The average molecular weight is 177 g/mol. The lowest BCUT2D eigenvalue weighted by Gasteiger charge is -2.11. The molecule has 1 aliphatic carbocycles. The molecule has 1 unspecified atom stereocenters. The molecule has 1 N–H and O–H groups in total. The molecule has 1 aliphatic rings. The van der Waals surface area contributed by atoms with Crippen molar-refractivity contribution in [2.24, 2.45) is 5.92 Å². The highest BCUT2D eigenvalue weighted by atomic mass is 16.3. The van der Waals surface area contributed by atoms with Gasteiger partial charge in [0.05, 0.1) is 11.8 Å². The summed E-state index contributed by atoms with van der Waals surface area (Å²) in [5.74, 6) is 0.601. The third-order valence-electron chi connectivity index (χ3n) is 2.77. The second kappa shape index (κ2) is 3.46. The first kappa shape index (κ1) is 8.70. The summed E-state index contributed by atoms with van der Waals surface area (Å²) in [6, 6.07) is 4.02. The summed E-state index contributed by atoms with van der Waals surface area (Å²) in [5, 5.41) is 9.85. The minimum absolute atomic E-state index is 0.353. The van der Waals surface area contributed by atoms with Crippen LogP contribution in [-0.2, 0) is 6.42 Å². The van der Waals surface area contributed by atoms with E-state index in [0.29, 0.717) is 5.92 Å². The highest BCUT2D eigenvalue weighted by molar-refractivity contribution is 5.23. The quantitative estimate of drug-likeness (QED) is 0.615. The van der Waals surface area contributed by atoms with Gasteiger partial charge in [0.1, 0.15) is 0 Å². The van der Waals surface area contributed by atoms with Crippen LogP contribution in [-0.4, -0.2) is 10.1 Å². The van der Waals surface area contributed by atoms with Crippen LogP contribution in [0.2, 0.25) is 0 Å². The maximum Gasteiger partial charge on any atom is 0.0965 e. The Labute approximate surface area is 78.6 Å². The van der Waals surface area contributed by atoms with E-state index in [-0.39, 0.29) is 6.10 Å². The molecule has 2 nitrogen and oxygen atoms in total. The maximum atomic E-state index is 9.85. The van der Waals surface area contributed by atoms with Crippen LogP contribution in [0, 0.1) is 5.92 Å². The molecule has 13 heavy (non-hydrogen) atoms. The molecular weight excluding hydrogens is 162 g/mol. The Kier molecular flexibility index (Phi) is 2.32. The number of fused-ring (bicyclic) bond motifs is 1. The van der Waals surface area contributed by atoms with E-state index in [1.54, 1.807) is 6.20 Å². The summed E-state index contributed by atoms with van der Waals surface area (Å²) in [6.45, 7) is 2.19. The van der Waals surface area contributed by atoms with Crippen LogP contribution in [0.5, 0.6) is 0 Å². The third-order valence-corrected chi connectivity index (χ3v) is 2.77. The molecule has 2 heteroatoms. The second-order valence-electron chi connectivity index (χ2n) is 3.94. The predicted octanol–water partition coefficient (Wildman–Crippen LogP) is 2.09. The average Bonchev–Trinajstić information content (AvgIpc) is 2.27. The van der Waals surface area contributed by atoms with Crippen molar-refractivity contribution in [3.05, 3.63) is 29.6 Å². The Hall–Kier alpha value is -0.890. The van der Waals surface area contributed by atoms with Gasteiger partial charge in [0.25, 0.3) is 0 Å². The number of nitrogens with zero attached hydrogens (tertiary/aromatic N) is 1. The number of pyridine rings is 1. The number of aliphatic hydroxyl groups is 1. The fraction of sp³-hybridized carbons (Fsp3) is 0.545. The zero-order valence-corrected chi connectivity index (χ0v) is 7.90. The van der Waals surface area contributed by atoms with Gasteiger partial charge in [0.15, 0.2) is 0 Å². The number of hydrogen-bond donors (Lipinski definition) is 1. The SMILES string of the molecule is C[C@@H]1CCc2cccnc2C(O)C1. The van der Waals surface area contributed by atoms with Crippen LogP contribution in [0.15, 0.2) is 18.3 Å². The molecule has 0 radical (unpaired) electrons. The van der Waals surface area contributed by atoms with Crippen LogP contribution in [0.1, 0.15) is 37.1 Å². The molecule has 0 bridgehead atoms. The predicted molar refractivity (Wildman–Crippen MR) is 51.3 cm³/mol. The fourth-order valence-electron chi connectivity index (χ4n) is 1.97. The van der Waals surface area contributed by atoms with Crippen LogP contribution in [0.4, 0.5) is 0 Å². The topological polar surface area (TPSA) is 33.1 Å². The van der Waals surface area contributed by atoms with E-state index < -0.39 is 0 Å². The molecule has 0 aromatic carbocycles. The third kappa shape index (κ3) is 1.73. The summed E-state index contributed by atoms with van der Waals surface area (Å²) in [6.07, 6.45) is 4.48. The number of aromatic nitrogens is 1. The van der Waals surface area contributed by atoms with E-state index in [2.05, 4.69) is 18.0 Å². The van der Waals surface area contributed by atoms with Gasteiger partial charge >= 0.3 is 0 Å². The standard InChI is InChI=1S/C11H15NO/c1-8-4-5-9-3-2-6-12-11(9)10(13)7-8/h2-3,6,8,10,13H,4-5,7H2,1H3/t8-,10?/m1/s1. The molecule has 0 saturated heterocycles. The Bertz CT molecular complexity index is 298. The van der Waals surface area contributed by atoms with Crippen LogP contribution >= 0.6 is 0 Å². The Morgan fingerprint density at radius 2 is 2.38 bits per heavy atom. The molecule has 70 valence electrons. The van der Waals surface area contributed by atoms with Gasteiger partial charge in [-0.2, -0.15) is 0 Å². The van der Waals surface area contributed by atoms with Crippen molar-refractivity contribution in [2.75, 3.05) is 0 Å². The highest BCUT2D eigenvalue weighted by Crippen LogP contribution is 2.29. The minimum atomic E-state index is -0.353. The van der Waals surface area contributed by atoms with Gasteiger partial charge in [-0.25, -0.2) is 0 Å². The molecule has 0 aliphatic heterocycles. The van der Waals surface area contributed by atoms with Crippen molar-refractivity contribution < 1.29 is 5.11 Å². The van der Waals surface area contributed by atoms with E-state index >= 15 is 0 Å². The van der Waals surface area contributed by atoms with Gasteiger partial charge in [0.2, 0.25) is 0 Å². The summed E-state index contributed by atoms with van der Waals surface area (Å²) >= 11 is 0.